The average molecular weight is 482 g/mol. The summed E-state index contributed by atoms with van der Waals surface area (Å²) < 4.78 is 9.63. The summed E-state index contributed by atoms with van der Waals surface area (Å²) in [6.45, 7) is 6.17. The van der Waals surface area contributed by atoms with Crippen molar-refractivity contribution in [2.75, 3.05) is 25.6 Å². The number of nitrogens with zero attached hydrogens (tertiary/aromatic N) is 2. The molecule has 8 N–H and O–H groups in total. The number of benzene rings is 2. The molecule has 0 saturated heterocycles. The monoisotopic (exact) mass is 481 g/mol. The summed E-state index contributed by atoms with van der Waals surface area (Å²) in [5.41, 5.74) is 18.0. The lowest BCUT2D eigenvalue weighted by Gasteiger charge is -2.02. The number of carbonyl (C=O) groups excluding carboxylic acids is 2. The zero-order valence-electron chi connectivity index (χ0n) is 19.2. The first-order valence-corrected chi connectivity index (χ1v) is 9.85. The normalized spacial score (nSPS) is 8.71. The maximum Gasteiger partial charge on any atom is 0.338 e. The minimum atomic E-state index is -1.50. The van der Waals surface area contributed by atoms with Gasteiger partial charge in [-0.3, -0.25) is 0 Å². The van der Waals surface area contributed by atoms with Gasteiger partial charge in [0.25, 0.3) is 5.09 Å². The number of carbonyl (C=O) groups is 2. The third kappa shape index (κ3) is 17.3. The zero-order chi connectivity index (χ0) is 26.5. The van der Waals surface area contributed by atoms with Crippen LogP contribution < -0.4 is 17.2 Å². The number of hydrogen-bond donors (Lipinski definition) is 5. The predicted octanol–water partition coefficient (Wildman–Crippen LogP) is 1.86. The second-order valence-electron chi connectivity index (χ2n) is 5.71. The largest absolute Gasteiger partial charge is 0.462 e. The number of hydrogen-bond acceptors (Lipinski definition) is 9. The molecule has 0 heterocycles. The molecule has 0 aliphatic heterocycles. The van der Waals surface area contributed by atoms with E-state index in [4.69, 9.17) is 47.1 Å². The van der Waals surface area contributed by atoms with Crippen molar-refractivity contribution < 1.29 is 34.5 Å². The summed E-state index contributed by atoms with van der Waals surface area (Å²) in [7, 11) is 0. The molecule has 13 nitrogen and oxygen atoms in total. The number of aliphatic imine (C=N–C) groups is 1. The van der Waals surface area contributed by atoms with E-state index in [9.17, 15) is 9.59 Å². The molecule has 0 aliphatic carbocycles. The van der Waals surface area contributed by atoms with Crippen LogP contribution in [0, 0.1) is 10.1 Å². The Morgan fingerprint density at radius 2 is 1.38 bits per heavy atom. The molecular weight excluding hydrogens is 450 g/mol. The minimum absolute atomic E-state index is 0.0454. The van der Waals surface area contributed by atoms with Crippen molar-refractivity contribution in [1.29, 1.82) is 0 Å². The van der Waals surface area contributed by atoms with Crippen LogP contribution in [-0.4, -0.2) is 53.1 Å². The molecule has 0 atom stereocenters. The SMILES string of the molecule is CCO.CCOC(=O)c1cccc(N)c1.CCOC(=O)c1cccc(N=C(N)N)c1.O=[N+]([O-])O. The minimum Gasteiger partial charge on any atom is -0.462 e. The van der Waals surface area contributed by atoms with Gasteiger partial charge < -0.3 is 37.0 Å². The number of anilines is 1. The van der Waals surface area contributed by atoms with Crippen molar-refractivity contribution in [2.45, 2.75) is 20.8 Å². The Morgan fingerprint density at radius 3 is 1.76 bits per heavy atom. The van der Waals surface area contributed by atoms with Gasteiger partial charge in [0.2, 0.25) is 0 Å². The molecule has 2 aromatic carbocycles. The van der Waals surface area contributed by atoms with Crippen LogP contribution in [0.3, 0.4) is 0 Å². The Morgan fingerprint density at radius 1 is 0.971 bits per heavy atom. The van der Waals surface area contributed by atoms with Gasteiger partial charge in [-0.25, -0.2) is 14.6 Å². The fraction of sp³-hybridized carbons (Fsp3) is 0.286. The standard InChI is InChI=1S/C10H13N3O2.C9H11NO2.C2H6O.HNO3/c1-2-15-9(14)7-4-3-5-8(6-7)13-10(11)12;1-2-12-9(11)7-4-3-5-8(10)6-7;1-2-3;2-1(3)4/h3-6H,2H2,1H3,(H4,11,12,13);3-6H,2,10H2,1H3;3H,2H2,1H3;(H,2,3,4). The molecule has 0 unspecified atom stereocenters. The van der Waals surface area contributed by atoms with E-state index in [1.165, 1.54) is 0 Å². The molecule has 188 valence electrons. The summed E-state index contributed by atoms with van der Waals surface area (Å²) in [4.78, 5) is 34.7. The molecule has 0 amide bonds. The molecule has 0 aromatic heterocycles. The van der Waals surface area contributed by atoms with Crippen molar-refractivity contribution >= 4 is 29.3 Å². The lowest BCUT2D eigenvalue weighted by atomic mass is 10.2. The second-order valence-corrected chi connectivity index (χ2v) is 5.71. The van der Waals surface area contributed by atoms with Crippen LogP contribution in [0.2, 0.25) is 0 Å². The highest BCUT2D eigenvalue weighted by Gasteiger charge is 2.06. The van der Waals surface area contributed by atoms with Crippen LogP contribution in [0.15, 0.2) is 53.5 Å². The van der Waals surface area contributed by atoms with Gasteiger partial charge in [0.05, 0.1) is 30.0 Å². The highest BCUT2D eigenvalue weighted by molar-refractivity contribution is 5.91. The molecule has 0 bridgehead atoms. The Labute approximate surface area is 196 Å². The predicted molar refractivity (Wildman–Crippen MR) is 126 cm³/mol. The van der Waals surface area contributed by atoms with Gasteiger partial charge in [-0.2, -0.15) is 0 Å². The van der Waals surface area contributed by atoms with Crippen LogP contribution in [0.25, 0.3) is 0 Å². The number of guanidine groups is 1. The molecule has 2 rings (SSSR count). The number of esters is 2. The van der Waals surface area contributed by atoms with E-state index >= 15 is 0 Å². The Balaban J connectivity index is 0. The van der Waals surface area contributed by atoms with E-state index in [0.29, 0.717) is 35.7 Å². The van der Waals surface area contributed by atoms with Crippen LogP contribution >= 0.6 is 0 Å². The van der Waals surface area contributed by atoms with Crippen molar-refractivity contribution in [3.05, 3.63) is 69.8 Å². The first kappa shape index (κ1) is 31.8. The van der Waals surface area contributed by atoms with Crippen LogP contribution in [0.1, 0.15) is 41.5 Å². The second kappa shape index (κ2) is 19.3. The first-order chi connectivity index (χ1) is 16.0. The fourth-order valence-electron chi connectivity index (χ4n) is 1.95. The molecule has 0 saturated carbocycles. The van der Waals surface area contributed by atoms with E-state index in [2.05, 4.69) is 4.99 Å². The van der Waals surface area contributed by atoms with Gasteiger partial charge in [-0.05, 0) is 57.2 Å². The highest BCUT2D eigenvalue weighted by Crippen LogP contribution is 2.14. The van der Waals surface area contributed by atoms with Crippen LogP contribution in [0.4, 0.5) is 11.4 Å². The Bertz CT molecular complexity index is 914. The molecule has 0 spiro atoms. The van der Waals surface area contributed by atoms with Crippen molar-refractivity contribution in [1.82, 2.24) is 0 Å². The van der Waals surface area contributed by atoms with Crippen molar-refractivity contribution in [3.63, 3.8) is 0 Å². The topological polar surface area (TPSA) is 227 Å². The summed E-state index contributed by atoms with van der Waals surface area (Å²) in [5, 5.41) is 21.2. The summed E-state index contributed by atoms with van der Waals surface area (Å²) in [6, 6.07) is 13.3. The quantitative estimate of drug-likeness (QED) is 0.103. The number of ether oxygens (including phenoxy) is 2. The Hall–Kier alpha value is -4.39. The molecule has 0 aliphatic rings. The molecule has 0 fully saturated rings. The van der Waals surface area contributed by atoms with Crippen LogP contribution in [0.5, 0.6) is 0 Å². The van der Waals surface area contributed by atoms with Gasteiger partial charge in [0.1, 0.15) is 0 Å². The summed E-state index contributed by atoms with van der Waals surface area (Å²) in [5.74, 6) is -0.758. The van der Waals surface area contributed by atoms with Gasteiger partial charge in [0.15, 0.2) is 5.96 Å². The molecule has 34 heavy (non-hydrogen) atoms. The third-order valence-electron chi connectivity index (χ3n) is 3.01. The zero-order valence-corrected chi connectivity index (χ0v) is 19.2. The number of nitrogen functional groups attached to an aromatic ring is 1. The summed E-state index contributed by atoms with van der Waals surface area (Å²) in [6.07, 6.45) is 0. The van der Waals surface area contributed by atoms with Gasteiger partial charge in [0, 0.05) is 12.3 Å². The van der Waals surface area contributed by atoms with Gasteiger partial charge in [-0.15, -0.1) is 10.1 Å². The lowest BCUT2D eigenvalue weighted by molar-refractivity contribution is -0.742. The van der Waals surface area contributed by atoms with E-state index in [1.54, 1.807) is 69.3 Å². The van der Waals surface area contributed by atoms with Crippen molar-refractivity contribution in [2.24, 2.45) is 16.5 Å². The number of aliphatic hydroxyl groups excluding tert-OH is 1. The van der Waals surface area contributed by atoms with Crippen molar-refractivity contribution in [3.8, 4) is 0 Å². The molecule has 2 aromatic rings. The number of nitrogens with two attached hydrogens (primary N) is 3. The van der Waals surface area contributed by atoms with Gasteiger partial charge in [-0.1, -0.05) is 12.1 Å². The fourth-order valence-corrected chi connectivity index (χ4v) is 1.95. The van der Waals surface area contributed by atoms with E-state index in [0.717, 1.165) is 0 Å². The number of rotatable bonds is 5. The summed E-state index contributed by atoms with van der Waals surface area (Å²) >= 11 is 0. The first-order valence-electron chi connectivity index (χ1n) is 9.85. The molecular formula is C21H31N5O8. The molecule has 13 heteroatoms. The smallest absolute Gasteiger partial charge is 0.338 e. The average Bonchev–Trinajstić information content (AvgIpc) is 2.74. The number of aliphatic hydroxyl groups is 1. The molecule has 0 radical (unpaired) electrons. The van der Waals surface area contributed by atoms with E-state index in [1.807, 2.05) is 0 Å². The lowest BCUT2D eigenvalue weighted by Crippen LogP contribution is -2.21. The highest BCUT2D eigenvalue weighted by atomic mass is 16.9. The van der Waals surface area contributed by atoms with E-state index in [-0.39, 0.29) is 24.5 Å². The van der Waals surface area contributed by atoms with Gasteiger partial charge >= 0.3 is 11.9 Å². The van der Waals surface area contributed by atoms with E-state index < -0.39 is 5.09 Å². The van der Waals surface area contributed by atoms with Crippen LogP contribution in [-0.2, 0) is 9.47 Å². The maximum absolute atomic E-state index is 11.3. The maximum atomic E-state index is 11.3. The third-order valence-corrected chi connectivity index (χ3v) is 3.01. The Kier molecular flexibility index (Phi) is 18.1.